The second-order valence-corrected chi connectivity index (χ2v) is 8.87. The van der Waals surface area contributed by atoms with Crippen molar-refractivity contribution in [2.24, 2.45) is 0 Å². The first-order valence-corrected chi connectivity index (χ1v) is 11.0. The number of aryl methyl sites for hydroxylation is 3. The van der Waals surface area contributed by atoms with Gasteiger partial charge in [0.2, 0.25) is 0 Å². The maximum atomic E-state index is 12.8. The van der Waals surface area contributed by atoms with Crippen LogP contribution in [0.25, 0.3) is 0 Å². The lowest BCUT2D eigenvalue weighted by Crippen LogP contribution is -2.17. The van der Waals surface area contributed by atoms with Gasteiger partial charge >= 0.3 is 0 Å². The van der Waals surface area contributed by atoms with Gasteiger partial charge in [-0.05, 0) is 56.7 Å². The Morgan fingerprint density at radius 1 is 0.903 bits per heavy atom. The van der Waals surface area contributed by atoms with E-state index in [9.17, 15) is 4.79 Å². The van der Waals surface area contributed by atoms with Crippen molar-refractivity contribution in [1.82, 2.24) is 4.98 Å². The van der Waals surface area contributed by atoms with E-state index in [1.54, 1.807) is 11.3 Å². The highest BCUT2D eigenvalue weighted by Gasteiger charge is 2.22. The number of hydrogen-bond acceptors (Lipinski definition) is 4. The molecule has 0 radical (unpaired) electrons. The predicted octanol–water partition coefficient (Wildman–Crippen LogP) is 6.52. The average Bonchev–Trinajstić information content (AvgIpc) is 3.13. The molecule has 0 spiro atoms. The van der Waals surface area contributed by atoms with Crippen molar-refractivity contribution in [3.63, 3.8) is 0 Å². The van der Waals surface area contributed by atoms with E-state index >= 15 is 0 Å². The monoisotopic (exact) mass is 427 g/mol. The summed E-state index contributed by atoms with van der Waals surface area (Å²) in [7, 11) is 0. The highest BCUT2D eigenvalue weighted by molar-refractivity contribution is 7.16. The zero-order chi connectivity index (χ0) is 21.8. The van der Waals surface area contributed by atoms with Crippen molar-refractivity contribution in [1.29, 1.82) is 0 Å². The third kappa shape index (κ3) is 5.01. The lowest BCUT2D eigenvalue weighted by atomic mass is 9.99. The number of benzene rings is 2. The Morgan fingerprint density at radius 3 is 2.35 bits per heavy atom. The van der Waals surface area contributed by atoms with Crippen LogP contribution >= 0.6 is 11.3 Å². The number of carbonyl (C=O) groups excluding carboxylic acids is 1. The maximum Gasteiger partial charge on any atom is 0.256 e. The number of aromatic nitrogens is 1. The van der Waals surface area contributed by atoms with Crippen LogP contribution in [0.4, 0.5) is 10.8 Å². The summed E-state index contributed by atoms with van der Waals surface area (Å²) < 4.78 is 0. The molecule has 31 heavy (non-hydrogen) atoms. The normalized spacial score (nSPS) is 11.7. The fraction of sp³-hybridized carbons (Fsp3) is 0.154. The standard InChI is InChI=1S/C26H25N3OS/c1-17-12-14-20(15-13-17)24(28-23-11-7-8-18(2)27-23)22-16-19(3)31-26(22)29-25(30)21-9-5-4-6-10-21/h4-16,24H,1-3H3,(H,27,28)(H,29,30)/t24-/m1/s1. The van der Waals surface area contributed by atoms with Crippen molar-refractivity contribution in [3.05, 3.63) is 112 Å². The zero-order valence-corrected chi connectivity index (χ0v) is 18.7. The Labute approximate surface area is 187 Å². The van der Waals surface area contributed by atoms with Crippen LogP contribution in [0.5, 0.6) is 0 Å². The summed E-state index contributed by atoms with van der Waals surface area (Å²) >= 11 is 1.58. The molecule has 156 valence electrons. The van der Waals surface area contributed by atoms with Gasteiger partial charge in [0.1, 0.15) is 10.8 Å². The van der Waals surface area contributed by atoms with Crippen molar-refractivity contribution in [3.8, 4) is 0 Å². The molecule has 0 aliphatic carbocycles. The quantitative estimate of drug-likeness (QED) is 0.368. The molecule has 2 heterocycles. The Morgan fingerprint density at radius 2 is 1.65 bits per heavy atom. The highest BCUT2D eigenvalue weighted by atomic mass is 32.1. The summed E-state index contributed by atoms with van der Waals surface area (Å²) in [5, 5.41) is 7.55. The van der Waals surface area contributed by atoms with Gasteiger partial charge in [0, 0.05) is 21.7 Å². The fourth-order valence-corrected chi connectivity index (χ4v) is 4.43. The van der Waals surface area contributed by atoms with Gasteiger partial charge in [0.15, 0.2) is 0 Å². The fourth-order valence-electron chi connectivity index (χ4n) is 3.48. The molecular formula is C26H25N3OS. The summed E-state index contributed by atoms with van der Waals surface area (Å²) in [6.07, 6.45) is 0. The second-order valence-electron chi connectivity index (χ2n) is 7.61. The van der Waals surface area contributed by atoms with E-state index in [1.807, 2.05) is 55.5 Å². The number of nitrogens with zero attached hydrogens (tertiary/aromatic N) is 1. The SMILES string of the molecule is Cc1ccc([C@@H](Nc2cccc(C)n2)c2cc(C)sc2NC(=O)c2ccccc2)cc1. The average molecular weight is 428 g/mol. The van der Waals surface area contributed by atoms with Crippen LogP contribution in [0.1, 0.15) is 43.7 Å². The first kappa shape index (κ1) is 20.8. The van der Waals surface area contributed by atoms with Gasteiger partial charge in [0.05, 0.1) is 6.04 Å². The van der Waals surface area contributed by atoms with Crippen LogP contribution in [0.3, 0.4) is 0 Å². The molecule has 0 aliphatic rings. The summed E-state index contributed by atoms with van der Waals surface area (Å²) in [5.74, 6) is 0.690. The first-order valence-electron chi connectivity index (χ1n) is 10.2. The van der Waals surface area contributed by atoms with Crippen LogP contribution < -0.4 is 10.6 Å². The molecule has 0 saturated heterocycles. The molecule has 0 bridgehead atoms. The zero-order valence-electron chi connectivity index (χ0n) is 17.8. The van der Waals surface area contributed by atoms with E-state index in [0.29, 0.717) is 5.56 Å². The Hall–Kier alpha value is -3.44. The molecule has 1 atom stereocenters. The van der Waals surface area contributed by atoms with Crippen molar-refractivity contribution >= 4 is 28.1 Å². The van der Waals surface area contributed by atoms with Crippen LogP contribution in [0.2, 0.25) is 0 Å². The molecule has 0 fully saturated rings. The molecule has 0 unspecified atom stereocenters. The molecule has 5 heteroatoms. The molecule has 4 nitrogen and oxygen atoms in total. The minimum Gasteiger partial charge on any atom is -0.359 e. The molecule has 1 amide bonds. The highest BCUT2D eigenvalue weighted by Crippen LogP contribution is 2.37. The predicted molar refractivity (Wildman–Crippen MR) is 129 cm³/mol. The van der Waals surface area contributed by atoms with E-state index in [1.165, 1.54) is 5.56 Å². The van der Waals surface area contributed by atoms with E-state index < -0.39 is 0 Å². The molecule has 4 rings (SSSR count). The van der Waals surface area contributed by atoms with Crippen molar-refractivity contribution in [2.75, 3.05) is 10.6 Å². The Bertz CT molecular complexity index is 1180. The largest absolute Gasteiger partial charge is 0.359 e. The Balaban J connectivity index is 1.72. The Kier molecular flexibility index (Phi) is 6.14. The number of pyridine rings is 1. The topological polar surface area (TPSA) is 54.0 Å². The number of rotatable bonds is 6. The molecule has 0 saturated carbocycles. The van der Waals surface area contributed by atoms with Gasteiger partial charge < -0.3 is 10.6 Å². The van der Waals surface area contributed by atoms with Gasteiger partial charge in [-0.3, -0.25) is 4.79 Å². The van der Waals surface area contributed by atoms with Crippen LogP contribution in [0, 0.1) is 20.8 Å². The van der Waals surface area contributed by atoms with E-state index in [4.69, 9.17) is 0 Å². The van der Waals surface area contributed by atoms with Crippen LogP contribution in [-0.4, -0.2) is 10.9 Å². The number of carbonyl (C=O) groups is 1. The number of nitrogens with one attached hydrogen (secondary N) is 2. The molecule has 2 aromatic heterocycles. The van der Waals surface area contributed by atoms with Crippen LogP contribution in [0.15, 0.2) is 78.9 Å². The second kappa shape index (κ2) is 9.14. The molecule has 2 aromatic carbocycles. The number of thiophene rings is 1. The molecule has 4 aromatic rings. The summed E-state index contributed by atoms with van der Waals surface area (Å²) in [4.78, 5) is 18.6. The third-order valence-electron chi connectivity index (χ3n) is 5.05. The van der Waals surface area contributed by atoms with Gasteiger partial charge in [-0.1, -0.05) is 54.1 Å². The van der Waals surface area contributed by atoms with E-state index in [-0.39, 0.29) is 11.9 Å². The van der Waals surface area contributed by atoms with Gasteiger partial charge in [-0.2, -0.15) is 0 Å². The molecular weight excluding hydrogens is 402 g/mol. The molecule has 2 N–H and O–H groups in total. The van der Waals surface area contributed by atoms with Gasteiger partial charge in [-0.25, -0.2) is 4.98 Å². The number of amides is 1. The lowest BCUT2D eigenvalue weighted by molar-refractivity contribution is 0.102. The summed E-state index contributed by atoms with van der Waals surface area (Å²) in [6.45, 7) is 6.12. The summed E-state index contributed by atoms with van der Waals surface area (Å²) in [6, 6.07) is 25.7. The van der Waals surface area contributed by atoms with Crippen molar-refractivity contribution < 1.29 is 4.79 Å². The van der Waals surface area contributed by atoms with E-state index in [2.05, 4.69) is 59.8 Å². The first-order chi connectivity index (χ1) is 15.0. The van der Waals surface area contributed by atoms with E-state index in [0.717, 1.165) is 32.5 Å². The number of anilines is 2. The maximum absolute atomic E-state index is 12.8. The summed E-state index contributed by atoms with van der Waals surface area (Å²) in [5.41, 5.74) is 4.93. The minimum atomic E-state index is -0.147. The smallest absolute Gasteiger partial charge is 0.256 e. The van der Waals surface area contributed by atoms with Crippen LogP contribution in [-0.2, 0) is 0 Å². The minimum absolute atomic E-state index is 0.111. The number of hydrogen-bond donors (Lipinski definition) is 2. The molecule has 0 aliphatic heterocycles. The lowest BCUT2D eigenvalue weighted by Gasteiger charge is -2.21. The van der Waals surface area contributed by atoms with Gasteiger partial charge in [-0.15, -0.1) is 11.3 Å². The van der Waals surface area contributed by atoms with Crippen molar-refractivity contribution in [2.45, 2.75) is 26.8 Å². The third-order valence-corrected chi connectivity index (χ3v) is 6.03. The van der Waals surface area contributed by atoms with Gasteiger partial charge in [0.25, 0.3) is 5.91 Å².